The Morgan fingerprint density at radius 1 is 1.16 bits per heavy atom. The van der Waals surface area contributed by atoms with E-state index < -0.39 is 0 Å². The Hall–Kier alpha value is -1.09. The van der Waals surface area contributed by atoms with Crippen LogP contribution in [-0.2, 0) is 6.54 Å². The third kappa shape index (κ3) is 4.83. The number of aromatic nitrogens is 1. The highest BCUT2D eigenvalue weighted by atomic mass is 15.2. The summed E-state index contributed by atoms with van der Waals surface area (Å²) >= 11 is 0. The summed E-state index contributed by atoms with van der Waals surface area (Å²) in [5.74, 6) is 1.15. The normalized spacial score (nSPS) is 17.3. The molecule has 0 aliphatic carbocycles. The molecule has 106 valence electrons. The second-order valence-corrected chi connectivity index (χ2v) is 6.53. The van der Waals surface area contributed by atoms with Crippen molar-refractivity contribution in [3.63, 3.8) is 0 Å². The first-order valence-electron chi connectivity index (χ1n) is 7.49. The van der Waals surface area contributed by atoms with Gasteiger partial charge in [-0.25, -0.2) is 4.98 Å². The smallest absolute Gasteiger partial charge is 0.128 e. The molecule has 0 spiro atoms. The van der Waals surface area contributed by atoms with E-state index >= 15 is 0 Å². The van der Waals surface area contributed by atoms with E-state index in [0.29, 0.717) is 0 Å². The highest BCUT2D eigenvalue weighted by molar-refractivity contribution is 5.41. The Balaban J connectivity index is 2.01. The molecule has 1 saturated heterocycles. The third-order valence-electron chi connectivity index (χ3n) is 3.56. The van der Waals surface area contributed by atoms with Gasteiger partial charge in [-0.15, -0.1) is 0 Å². The summed E-state index contributed by atoms with van der Waals surface area (Å²) in [5.41, 5.74) is 1.48. The molecule has 3 heteroatoms. The van der Waals surface area contributed by atoms with Crippen molar-refractivity contribution in [3.05, 3.63) is 23.9 Å². The predicted octanol–water partition coefficient (Wildman–Crippen LogP) is 3.35. The van der Waals surface area contributed by atoms with E-state index in [2.05, 4.69) is 48.1 Å². The van der Waals surface area contributed by atoms with Gasteiger partial charge < -0.3 is 10.2 Å². The van der Waals surface area contributed by atoms with Crippen LogP contribution in [0.3, 0.4) is 0 Å². The molecule has 2 rings (SSSR count). The molecule has 1 N–H and O–H groups in total. The van der Waals surface area contributed by atoms with Crippen LogP contribution in [0.1, 0.15) is 52.0 Å². The summed E-state index contributed by atoms with van der Waals surface area (Å²) in [6.45, 7) is 9.82. The zero-order chi connectivity index (χ0) is 13.7. The number of hydrogen-bond acceptors (Lipinski definition) is 3. The summed E-state index contributed by atoms with van der Waals surface area (Å²) < 4.78 is 0. The lowest BCUT2D eigenvalue weighted by atomic mass is 10.1. The summed E-state index contributed by atoms with van der Waals surface area (Å²) in [4.78, 5) is 6.99. The number of pyridine rings is 1. The van der Waals surface area contributed by atoms with Crippen molar-refractivity contribution in [3.8, 4) is 0 Å². The van der Waals surface area contributed by atoms with Gasteiger partial charge in [-0.2, -0.15) is 0 Å². The zero-order valence-electron chi connectivity index (χ0n) is 12.6. The molecule has 1 aromatic rings. The van der Waals surface area contributed by atoms with E-state index in [1.54, 1.807) is 0 Å². The third-order valence-corrected chi connectivity index (χ3v) is 3.56. The van der Waals surface area contributed by atoms with E-state index in [-0.39, 0.29) is 5.54 Å². The molecule has 1 aliphatic heterocycles. The van der Waals surface area contributed by atoms with Crippen LogP contribution in [-0.4, -0.2) is 23.6 Å². The van der Waals surface area contributed by atoms with E-state index in [1.807, 2.05) is 6.20 Å². The van der Waals surface area contributed by atoms with Gasteiger partial charge in [0.2, 0.25) is 0 Å². The molecule has 0 amide bonds. The largest absolute Gasteiger partial charge is 0.357 e. The Labute approximate surface area is 117 Å². The lowest BCUT2D eigenvalue weighted by Gasteiger charge is -2.23. The fourth-order valence-electron chi connectivity index (χ4n) is 2.41. The fraction of sp³-hybridized carbons (Fsp3) is 0.688. The van der Waals surface area contributed by atoms with Gasteiger partial charge in [-0.05, 0) is 51.3 Å². The predicted molar refractivity (Wildman–Crippen MR) is 81.5 cm³/mol. The molecule has 0 bridgehead atoms. The number of hydrogen-bond donors (Lipinski definition) is 1. The number of anilines is 1. The minimum absolute atomic E-state index is 0.159. The van der Waals surface area contributed by atoms with Crippen molar-refractivity contribution in [2.45, 2.75) is 58.5 Å². The van der Waals surface area contributed by atoms with E-state index in [0.717, 1.165) is 25.5 Å². The van der Waals surface area contributed by atoms with Gasteiger partial charge in [0.25, 0.3) is 0 Å². The quantitative estimate of drug-likeness (QED) is 0.904. The highest BCUT2D eigenvalue weighted by Crippen LogP contribution is 2.18. The summed E-state index contributed by atoms with van der Waals surface area (Å²) in [7, 11) is 0. The maximum absolute atomic E-state index is 4.55. The molecule has 1 aromatic heterocycles. The molecule has 0 saturated carbocycles. The van der Waals surface area contributed by atoms with Crippen molar-refractivity contribution in [1.82, 2.24) is 10.3 Å². The van der Waals surface area contributed by atoms with Gasteiger partial charge in [0, 0.05) is 31.4 Å². The van der Waals surface area contributed by atoms with Gasteiger partial charge in [0.15, 0.2) is 0 Å². The average molecular weight is 261 g/mol. The van der Waals surface area contributed by atoms with Crippen LogP contribution in [0, 0.1) is 0 Å². The summed E-state index contributed by atoms with van der Waals surface area (Å²) in [6, 6.07) is 4.35. The maximum Gasteiger partial charge on any atom is 0.128 e. The maximum atomic E-state index is 4.55. The highest BCUT2D eigenvalue weighted by Gasteiger charge is 2.12. The van der Waals surface area contributed by atoms with Gasteiger partial charge in [-0.3, -0.25) is 0 Å². The number of nitrogens with zero attached hydrogens (tertiary/aromatic N) is 2. The van der Waals surface area contributed by atoms with Crippen molar-refractivity contribution in [1.29, 1.82) is 0 Å². The molecule has 1 fully saturated rings. The van der Waals surface area contributed by atoms with E-state index in [4.69, 9.17) is 0 Å². The lowest BCUT2D eigenvalue weighted by Crippen LogP contribution is -2.35. The Bertz CT molecular complexity index is 387. The van der Waals surface area contributed by atoms with Crippen LogP contribution in [0.15, 0.2) is 18.3 Å². The molecular weight excluding hydrogens is 234 g/mol. The molecule has 19 heavy (non-hydrogen) atoms. The Kier molecular flexibility index (Phi) is 4.81. The molecule has 0 aromatic carbocycles. The van der Waals surface area contributed by atoms with Crippen LogP contribution < -0.4 is 10.2 Å². The standard InChI is InChI=1S/C16H27N3/c1-16(2,3)18-13-14-8-9-17-15(12-14)19-10-6-4-5-7-11-19/h8-9,12,18H,4-7,10-11,13H2,1-3H3. The summed E-state index contributed by atoms with van der Waals surface area (Å²) in [6.07, 6.45) is 7.27. The first-order chi connectivity index (χ1) is 9.04. The van der Waals surface area contributed by atoms with Crippen molar-refractivity contribution >= 4 is 5.82 Å². The van der Waals surface area contributed by atoms with Crippen LogP contribution in [0.25, 0.3) is 0 Å². The number of nitrogens with one attached hydrogen (secondary N) is 1. The van der Waals surface area contributed by atoms with Crippen LogP contribution in [0.5, 0.6) is 0 Å². The van der Waals surface area contributed by atoms with Gasteiger partial charge in [-0.1, -0.05) is 12.8 Å². The van der Waals surface area contributed by atoms with Crippen molar-refractivity contribution in [2.24, 2.45) is 0 Å². The average Bonchev–Trinajstić information content (AvgIpc) is 2.65. The van der Waals surface area contributed by atoms with E-state index in [9.17, 15) is 0 Å². The molecule has 1 aliphatic rings. The van der Waals surface area contributed by atoms with Gasteiger partial charge >= 0.3 is 0 Å². The first kappa shape index (κ1) is 14.3. The summed E-state index contributed by atoms with van der Waals surface area (Å²) in [5, 5.41) is 3.53. The Morgan fingerprint density at radius 2 is 1.84 bits per heavy atom. The minimum Gasteiger partial charge on any atom is -0.357 e. The number of rotatable bonds is 3. The van der Waals surface area contributed by atoms with Crippen LogP contribution in [0.2, 0.25) is 0 Å². The second-order valence-electron chi connectivity index (χ2n) is 6.53. The van der Waals surface area contributed by atoms with Gasteiger partial charge in [0.1, 0.15) is 5.82 Å². The fourth-order valence-corrected chi connectivity index (χ4v) is 2.41. The minimum atomic E-state index is 0.159. The molecule has 2 heterocycles. The molecule has 0 atom stereocenters. The topological polar surface area (TPSA) is 28.2 Å². The van der Waals surface area contributed by atoms with Crippen molar-refractivity contribution < 1.29 is 0 Å². The van der Waals surface area contributed by atoms with Crippen molar-refractivity contribution in [2.75, 3.05) is 18.0 Å². The lowest BCUT2D eigenvalue weighted by molar-refractivity contribution is 0.424. The van der Waals surface area contributed by atoms with E-state index in [1.165, 1.54) is 31.2 Å². The Morgan fingerprint density at radius 3 is 2.47 bits per heavy atom. The zero-order valence-corrected chi connectivity index (χ0v) is 12.6. The van der Waals surface area contributed by atoms with Gasteiger partial charge in [0.05, 0.1) is 0 Å². The van der Waals surface area contributed by atoms with Crippen LogP contribution in [0.4, 0.5) is 5.82 Å². The monoisotopic (exact) mass is 261 g/mol. The molecular formula is C16H27N3. The first-order valence-corrected chi connectivity index (χ1v) is 7.49. The van der Waals surface area contributed by atoms with Crippen LogP contribution >= 0.6 is 0 Å². The molecule has 0 radical (unpaired) electrons. The SMILES string of the molecule is CC(C)(C)NCc1ccnc(N2CCCCCC2)c1. The molecule has 0 unspecified atom stereocenters. The second kappa shape index (κ2) is 6.38. The molecule has 3 nitrogen and oxygen atoms in total.